The molecule has 2 unspecified atom stereocenters. The van der Waals surface area contributed by atoms with Crippen molar-refractivity contribution < 1.29 is 0 Å². The van der Waals surface area contributed by atoms with E-state index in [9.17, 15) is 0 Å². The molecule has 2 rings (SSSR count). The highest BCUT2D eigenvalue weighted by Crippen LogP contribution is 2.33. The SMILES string of the molecule is CC(C)N1CC2CCC(C1)N2I. The van der Waals surface area contributed by atoms with Crippen LogP contribution in [0.5, 0.6) is 0 Å². The third-order valence-electron chi connectivity index (χ3n) is 3.15. The number of nitrogens with zero attached hydrogens (tertiary/aromatic N) is 2. The predicted molar refractivity (Wildman–Crippen MR) is 59.4 cm³/mol. The van der Waals surface area contributed by atoms with Crippen molar-refractivity contribution in [1.29, 1.82) is 0 Å². The summed E-state index contributed by atoms with van der Waals surface area (Å²) >= 11 is 2.51. The lowest BCUT2D eigenvalue weighted by Crippen LogP contribution is -2.51. The van der Waals surface area contributed by atoms with Crippen LogP contribution in [0, 0.1) is 0 Å². The molecule has 0 N–H and O–H groups in total. The van der Waals surface area contributed by atoms with Crippen LogP contribution in [0.3, 0.4) is 0 Å². The van der Waals surface area contributed by atoms with Gasteiger partial charge in [0.1, 0.15) is 0 Å². The summed E-state index contributed by atoms with van der Waals surface area (Å²) in [5.74, 6) is 0. The van der Waals surface area contributed by atoms with Gasteiger partial charge >= 0.3 is 0 Å². The fourth-order valence-corrected chi connectivity index (χ4v) is 3.22. The standard InChI is InChI=1S/C9H17IN2/c1-7(2)11-5-8-3-4-9(6-11)12(8)10/h7-9H,3-6H2,1-2H3. The van der Waals surface area contributed by atoms with E-state index < -0.39 is 0 Å². The second-order valence-electron chi connectivity index (χ2n) is 4.28. The molecule has 2 atom stereocenters. The van der Waals surface area contributed by atoms with Crippen molar-refractivity contribution in [2.45, 2.75) is 44.8 Å². The van der Waals surface area contributed by atoms with Gasteiger partial charge in [0.05, 0.1) is 0 Å². The van der Waals surface area contributed by atoms with Crippen molar-refractivity contribution in [2.75, 3.05) is 13.1 Å². The van der Waals surface area contributed by atoms with Gasteiger partial charge < -0.3 is 0 Å². The quantitative estimate of drug-likeness (QED) is 0.534. The summed E-state index contributed by atoms with van der Waals surface area (Å²) in [5.41, 5.74) is 0. The highest BCUT2D eigenvalue weighted by atomic mass is 127. The van der Waals surface area contributed by atoms with Crippen LogP contribution < -0.4 is 0 Å². The van der Waals surface area contributed by atoms with Gasteiger partial charge in [0, 0.05) is 54.1 Å². The van der Waals surface area contributed by atoms with Crippen LogP contribution >= 0.6 is 22.9 Å². The third-order valence-corrected chi connectivity index (χ3v) is 4.73. The Labute approximate surface area is 88.8 Å². The summed E-state index contributed by atoms with van der Waals surface area (Å²) in [5, 5.41) is 0. The molecule has 2 heterocycles. The van der Waals surface area contributed by atoms with E-state index >= 15 is 0 Å². The predicted octanol–water partition coefficient (Wildman–Crippen LogP) is 1.89. The first kappa shape index (κ1) is 9.21. The Hall–Kier alpha value is 0.650. The number of hydrogen-bond acceptors (Lipinski definition) is 2. The van der Waals surface area contributed by atoms with Crippen LogP contribution in [-0.2, 0) is 0 Å². The Morgan fingerprint density at radius 2 is 1.67 bits per heavy atom. The zero-order valence-corrected chi connectivity index (χ0v) is 9.99. The monoisotopic (exact) mass is 280 g/mol. The molecule has 2 saturated heterocycles. The van der Waals surface area contributed by atoms with E-state index in [1.807, 2.05) is 0 Å². The maximum absolute atomic E-state index is 2.62. The van der Waals surface area contributed by atoms with E-state index in [1.165, 1.54) is 25.9 Å². The van der Waals surface area contributed by atoms with E-state index in [2.05, 4.69) is 44.7 Å². The molecule has 0 aromatic rings. The number of piperazine rings is 1. The molecule has 0 spiro atoms. The molecule has 0 aliphatic carbocycles. The van der Waals surface area contributed by atoms with Gasteiger partial charge in [-0.25, -0.2) is 3.11 Å². The maximum atomic E-state index is 2.62. The fraction of sp³-hybridized carbons (Fsp3) is 1.00. The number of fused-ring (bicyclic) bond motifs is 2. The topological polar surface area (TPSA) is 6.48 Å². The van der Waals surface area contributed by atoms with E-state index in [0.717, 1.165) is 18.1 Å². The summed E-state index contributed by atoms with van der Waals surface area (Å²) in [6, 6.07) is 2.41. The zero-order chi connectivity index (χ0) is 8.72. The molecular formula is C9H17IN2. The van der Waals surface area contributed by atoms with Crippen LogP contribution in [0.25, 0.3) is 0 Å². The fourth-order valence-electron chi connectivity index (χ4n) is 2.31. The van der Waals surface area contributed by atoms with Crippen molar-refractivity contribution in [1.82, 2.24) is 8.01 Å². The minimum atomic E-state index is 0.734. The zero-order valence-electron chi connectivity index (χ0n) is 7.83. The Morgan fingerprint density at radius 1 is 1.17 bits per heavy atom. The normalized spacial score (nSPS) is 38.0. The summed E-state index contributed by atoms with van der Waals surface area (Å²) in [7, 11) is 0. The average Bonchev–Trinajstić information content (AvgIpc) is 2.30. The molecule has 0 saturated carbocycles. The highest BCUT2D eigenvalue weighted by molar-refractivity contribution is 14.1. The van der Waals surface area contributed by atoms with Gasteiger partial charge in [0.2, 0.25) is 0 Å². The van der Waals surface area contributed by atoms with Crippen molar-refractivity contribution >= 4 is 22.9 Å². The number of hydrogen-bond donors (Lipinski definition) is 0. The second kappa shape index (κ2) is 3.42. The first-order valence-electron chi connectivity index (χ1n) is 4.86. The Morgan fingerprint density at radius 3 is 2.08 bits per heavy atom. The molecule has 0 radical (unpaired) electrons. The molecular weight excluding hydrogens is 263 g/mol. The third kappa shape index (κ3) is 1.51. The molecule has 12 heavy (non-hydrogen) atoms. The molecule has 0 amide bonds. The first-order chi connectivity index (χ1) is 5.68. The summed E-state index contributed by atoms with van der Waals surface area (Å²) in [4.78, 5) is 2.62. The van der Waals surface area contributed by atoms with Crippen molar-refractivity contribution in [3.05, 3.63) is 0 Å². The molecule has 2 aliphatic heterocycles. The average molecular weight is 280 g/mol. The molecule has 3 heteroatoms. The van der Waals surface area contributed by atoms with Gasteiger partial charge in [-0.15, -0.1) is 0 Å². The van der Waals surface area contributed by atoms with E-state index in [0.29, 0.717) is 0 Å². The highest BCUT2D eigenvalue weighted by Gasteiger charge is 2.39. The minimum Gasteiger partial charge on any atom is -0.298 e. The molecule has 0 aromatic heterocycles. The number of rotatable bonds is 1. The summed E-state index contributed by atoms with van der Waals surface area (Å²) in [6.07, 6.45) is 2.83. The summed E-state index contributed by atoms with van der Waals surface area (Å²) in [6.45, 7) is 7.19. The number of likely N-dealkylation sites (tertiary alicyclic amines) is 1. The molecule has 2 bridgehead atoms. The van der Waals surface area contributed by atoms with Gasteiger partial charge in [-0.1, -0.05) is 0 Å². The van der Waals surface area contributed by atoms with Gasteiger partial charge in [-0.05, 0) is 26.7 Å². The largest absolute Gasteiger partial charge is 0.298 e. The maximum Gasteiger partial charge on any atom is 0.0325 e. The van der Waals surface area contributed by atoms with Crippen molar-refractivity contribution in [2.24, 2.45) is 0 Å². The van der Waals surface area contributed by atoms with Crippen molar-refractivity contribution in [3.8, 4) is 0 Å². The Bertz CT molecular complexity index is 158. The lowest BCUT2D eigenvalue weighted by molar-refractivity contribution is 0.120. The van der Waals surface area contributed by atoms with Crippen LogP contribution in [0.4, 0.5) is 0 Å². The van der Waals surface area contributed by atoms with Crippen LogP contribution in [0.15, 0.2) is 0 Å². The summed E-state index contributed by atoms with van der Waals surface area (Å²) < 4.78 is 2.55. The van der Waals surface area contributed by atoms with E-state index in [-0.39, 0.29) is 0 Å². The van der Waals surface area contributed by atoms with Gasteiger partial charge in [-0.3, -0.25) is 4.90 Å². The lowest BCUT2D eigenvalue weighted by Gasteiger charge is -2.39. The van der Waals surface area contributed by atoms with Crippen LogP contribution in [-0.4, -0.2) is 39.2 Å². The molecule has 0 aromatic carbocycles. The van der Waals surface area contributed by atoms with E-state index in [1.54, 1.807) is 0 Å². The Kier molecular flexibility index (Phi) is 2.63. The Balaban J connectivity index is 2.02. The van der Waals surface area contributed by atoms with Gasteiger partial charge in [0.15, 0.2) is 0 Å². The molecule has 2 nitrogen and oxygen atoms in total. The lowest BCUT2D eigenvalue weighted by atomic mass is 10.2. The van der Waals surface area contributed by atoms with Gasteiger partial charge in [0.25, 0.3) is 0 Å². The van der Waals surface area contributed by atoms with E-state index in [4.69, 9.17) is 0 Å². The van der Waals surface area contributed by atoms with Gasteiger partial charge in [-0.2, -0.15) is 0 Å². The van der Waals surface area contributed by atoms with Crippen LogP contribution in [0.2, 0.25) is 0 Å². The smallest absolute Gasteiger partial charge is 0.0325 e. The first-order valence-corrected chi connectivity index (χ1v) is 5.83. The minimum absolute atomic E-state index is 0.734. The second-order valence-corrected chi connectivity index (χ2v) is 5.39. The number of halogens is 1. The molecule has 2 fully saturated rings. The molecule has 2 aliphatic rings. The molecule has 70 valence electrons. The van der Waals surface area contributed by atoms with Crippen LogP contribution in [0.1, 0.15) is 26.7 Å². The van der Waals surface area contributed by atoms with Crippen molar-refractivity contribution in [3.63, 3.8) is 0 Å².